The highest BCUT2D eigenvalue weighted by Crippen LogP contribution is 2.32. The van der Waals surface area contributed by atoms with E-state index < -0.39 is 0 Å². The van der Waals surface area contributed by atoms with Gasteiger partial charge in [0, 0.05) is 12.6 Å². The van der Waals surface area contributed by atoms with Crippen molar-refractivity contribution in [2.24, 2.45) is 17.6 Å². The molecule has 2 nitrogen and oxygen atoms in total. The topological polar surface area (TPSA) is 38.0 Å². The zero-order chi connectivity index (χ0) is 8.39. The van der Waals surface area contributed by atoms with Crippen molar-refractivity contribution in [3.05, 3.63) is 0 Å². The smallest absolute Gasteiger partial charge is 0.0193 e. The lowest BCUT2D eigenvalue weighted by atomic mass is 10.2. The molecular weight excluding hydrogens is 148 g/mol. The molecule has 1 unspecified atom stereocenters. The van der Waals surface area contributed by atoms with Crippen LogP contribution in [0.25, 0.3) is 0 Å². The Balaban J connectivity index is 1.44. The van der Waals surface area contributed by atoms with Crippen molar-refractivity contribution in [2.45, 2.75) is 38.1 Å². The molecule has 3 N–H and O–H groups in total. The second-order valence-electron chi connectivity index (χ2n) is 4.44. The van der Waals surface area contributed by atoms with Crippen molar-refractivity contribution in [1.29, 1.82) is 0 Å². The van der Waals surface area contributed by atoms with Crippen LogP contribution < -0.4 is 11.1 Å². The Morgan fingerprint density at radius 3 is 2.58 bits per heavy atom. The molecule has 0 aromatic rings. The lowest BCUT2D eigenvalue weighted by Crippen LogP contribution is -2.36. The molecular formula is C10H20N2. The predicted octanol–water partition coefficient (Wildman–Crippen LogP) is 1.11. The summed E-state index contributed by atoms with van der Waals surface area (Å²) in [6, 6.07) is 0.434. The van der Waals surface area contributed by atoms with Crippen LogP contribution in [0.15, 0.2) is 0 Å². The van der Waals surface area contributed by atoms with E-state index in [4.69, 9.17) is 5.73 Å². The Morgan fingerprint density at radius 1 is 1.25 bits per heavy atom. The van der Waals surface area contributed by atoms with Crippen molar-refractivity contribution in [3.8, 4) is 0 Å². The first-order valence-electron chi connectivity index (χ1n) is 5.32. The molecule has 0 radical (unpaired) electrons. The monoisotopic (exact) mass is 168 g/mol. The van der Waals surface area contributed by atoms with Crippen LogP contribution in [-0.4, -0.2) is 19.1 Å². The quantitative estimate of drug-likeness (QED) is 0.583. The molecule has 12 heavy (non-hydrogen) atoms. The first-order valence-corrected chi connectivity index (χ1v) is 5.32. The van der Waals surface area contributed by atoms with Crippen LogP contribution in [-0.2, 0) is 0 Å². The van der Waals surface area contributed by atoms with Crippen LogP contribution in [0, 0.1) is 11.8 Å². The molecule has 70 valence electrons. The van der Waals surface area contributed by atoms with Crippen LogP contribution in [0.3, 0.4) is 0 Å². The van der Waals surface area contributed by atoms with Crippen molar-refractivity contribution < 1.29 is 0 Å². The standard InChI is InChI=1S/C10H20N2/c11-10(9-3-4-9)7-12-6-5-8-1-2-8/h8-10,12H,1-7,11H2. The number of hydrogen-bond donors (Lipinski definition) is 2. The molecule has 0 saturated heterocycles. The van der Waals surface area contributed by atoms with Crippen molar-refractivity contribution in [2.75, 3.05) is 13.1 Å². The van der Waals surface area contributed by atoms with Crippen LogP contribution >= 0.6 is 0 Å². The van der Waals surface area contributed by atoms with Gasteiger partial charge in [0.2, 0.25) is 0 Å². The SMILES string of the molecule is NC(CNCCC1CC1)C1CC1. The molecule has 2 aliphatic rings. The van der Waals surface area contributed by atoms with Gasteiger partial charge in [-0.2, -0.15) is 0 Å². The highest BCUT2D eigenvalue weighted by molar-refractivity contribution is 4.85. The van der Waals surface area contributed by atoms with E-state index in [1.165, 1.54) is 38.6 Å². The Kier molecular flexibility index (Phi) is 2.66. The van der Waals surface area contributed by atoms with E-state index in [9.17, 15) is 0 Å². The Morgan fingerprint density at radius 2 is 2.00 bits per heavy atom. The average Bonchev–Trinajstić information content (AvgIpc) is 2.85. The molecule has 2 fully saturated rings. The van der Waals surface area contributed by atoms with Crippen LogP contribution in [0.4, 0.5) is 0 Å². The molecule has 1 atom stereocenters. The lowest BCUT2D eigenvalue weighted by Gasteiger charge is -2.10. The van der Waals surface area contributed by atoms with Gasteiger partial charge in [-0.15, -0.1) is 0 Å². The second kappa shape index (κ2) is 3.75. The van der Waals surface area contributed by atoms with E-state index >= 15 is 0 Å². The van der Waals surface area contributed by atoms with Crippen molar-refractivity contribution >= 4 is 0 Å². The minimum Gasteiger partial charge on any atom is -0.326 e. The van der Waals surface area contributed by atoms with E-state index in [-0.39, 0.29) is 0 Å². The van der Waals surface area contributed by atoms with Gasteiger partial charge in [-0.3, -0.25) is 0 Å². The maximum absolute atomic E-state index is 5.95. The zero-order valence-corrected chi connectivity index (χ0v) is 7.76. The van der Waals surface area contributed by atoms with Crippen LogP contribution in [0.2, 0.25) is 0 Å². The summed E-state index contributed by atoms with van der Waals surface area (Å²) in [5.41, 5.74) is 5.95. The fraction of sp³-hybridized carbons (Fsp3) is 1.00. The lowest BCUT2D eigenvalue weighted by molar-refractivity contribution is 0.514. The molecule has 0 amide bonds. The van der Waals surface area contributed by atoms with E-state index in [1.54, 1.807) is 0 Å². The van der Waals surface area contributed by atoms with Gasteiger partial charge in [-0.1, -0.05) is 12.8 Å². The normalized spacial score (nSPS) is 25.8. The number of hydrogen-bond acceptors (Lipinski definition) is 2. The fourth-order valence-corrected chi connectivity index (χ4v) is 1.67. The molecule has 0 aromatic carbocycles. The zero-order valence-electron chi connectivity index (χ0n) is 7.76. The largest absolute Gasteiger partial charge is 0.326 e. The molecule has 0 aliphatic heterocycles. The van der Waals surface area contributed by atoms with Crippen molar-refractivity contribution in [1.82, 2.24) is 5.32 Å². The van der Waals surface area contributed by atoms with E-state index in [2.05, 4.69) is 5.32 Å². The summed E-state index contributed by atoms with van der Waals surface area (Å²) in [6.45, 7) is 2.22. The van der Waals surface area contributed by atoms with Gasteiger partial charge in [0.15, 0.2) is 0 Å². The summed E-state index contributed by atoms with van der Waals surface area (Å²) < 4.78 is 0. The van der Waals surface area contributed by atoms with Crippen molar-refractivity contribution in [3.63, 3.8) is 0 Å². The van der Waals surface area contributed by atoms with Gasteiger partial charge in [0.05, 0.1) is 0 Å². The van der Waals surface area contributed by atoms with Gasteiger partial charge < -0.3 is 11.1 Å². The molecule has 2 aliphatic carbocycles. The summed E-state index contributed by atoms with van der Waals surface area (Å²) >= 11 is 0. The molecule has 2 heteroatoms. The van der Waals surface area contributed by atoms with Crippen LogP contribution in [0.1, 0.15) is 32.1 Å². The molecule has 0 heterocycles. The Hall–Kier alpha value is -0.0800. The van der Waals surface area contributed by atoms with Gasteiger partial charge >= 0.3 is 0 Å². The molecule has 2 rings (SSSR count). The average molecular weight is 168 g/mol. The number of nitrogens with two attached hydrogens (primary N) is 1. The summed E-state index contributed by atoms with van der Waals surface area (Å²) in [5, 5.41) is 3.45. The van der Waals surface area contributed by atoms with E-state index in [0.29, 0.717) is 6.04 Å². The first kappa shape index (κ1) is 8.52. The summed E-state index contributed by atoms with van der Waals surface area (Å²) in [4.78, 5) is 0. The summed E-state index contributed by atoms with van der Waals surface area (Å²) in [5.74, 6) is 1.90. The highest BCUT2D eigenvalue weighted by Gasteiger charge is 2.28. The Labute approximate surface area is 74.9 Å². The molecule has 2 saturated carbocycles. The Bertz CT molecular complexity index is 139. The van der Waals surface area contributed by atoms with Gasteiger partial charge in [0.25, 0.3) is 0 Å². The third-order valence-corrected chi connectivity index (χ3v) is 3.03. The maximum Gasteiger partial charge on any atom is 0.0193 e. The highest BCUT2D eigenvalue weighted by atomic mass is 14.9. The van der Waals surface area contributed by atoms with E-state index in [1.807, 2.05) is 0 Å². The molecule has 0 spiro atoms. The molecule has 0 bridgehead atoms. The van der Waals surface area contributed by atoms with Gasteiger partial charge in [-0.25, -0.2) is 0 Å². The minimum absolute atomic E-state index is 0.434. The number of rotatable bonds is 6. The first-order chi connectivity index (χ1) is 5.86. The third kappa shape index (κ3) is 2.76. The molecule has 0 aromatic heterocycles. The van der Waals surface area contributed by atoms with E-state index in [0.717, 1.165) is 18.4 Å². The van der Waals surface area contributed by atoms with Gasteiger partial charge in [0.1, 0.15) is 0 Å². The fourth-order valence-electron chi connectivity index (χ4n) is 1.67. The maximum atomic E-state index is 5.95. The second-order valence-corrected chi connectivity index (χ2v) is 4.44. The predicted molar refractivity (Wildman–Crippen MR) is 50.9 cm³/mol. The van der Waals surface area contributed by atoms with Gasteiger partial charge in [-0.05, 0) is 37.6 Å². The van der Waals surface area contributed by atoms with Crippen LogP contribution in [0.5, 0.6) is 0 Å². The summed E-state index contributed by atoms with van der Waals surface area (Å²) in [7, 11) is 0. The third-order valence-electron chi connectivity index (χ3n) is 3.03. The minimum atomic E-state index is 0.434. The number of nitrogens with one attached hydrogen (secondary N) is 1. The summed E-state index contributed by atoms with van der Waals surface area (Å²) in [6.07, 6.45) is 7.04.